The van der Waals surface area contributed by atoms with E-state index in [1.165, 1.54) is 17.0 Å². The van der Waals surface area contributed by atoms with Gasteiger partial charge in [-0.05, 0) is 42.3 Å². The van der Waals surface area contributed by atoms with Crippen LogP contribution in [0, 0.1) is 17.1 Å². The lowest BCUT2D eigenvalue weighted by molar-refractivity contribution is -0.151. The minimum Gasteiger partial charge on any atom is -0.340 e. The highest BCUT2D eigenvalue weighted by Crippen LogP contribution is 2.37. The van der Waals surface area contributed by atoms with Gasteiger partial charge in [0.05, 0.1) is 23.9 Å². The molecule has 4 rings (SSSR count). The van der Waals surface area contributed by atoms with Crippen molar-refractivity contribution in [1.82, 2.24) is 9.80 Å². The summed E-state index contributed by atoms with van der Waals surface area (Å²) in [6.45, 7) is 1.95. The van der Waals surface area contributed by atoms with Gasteiger partial charge in [-0.15, -0.1) is 0 Å². The number of hydrogen-bond donors (Lipinski definition) is 0. The van der Waals surface area contributed by atoms with Crippen LogP contribution in [0.1, 0.15) is 30.9 Å². The average molecular weight is 469 g/mol. The van der Waals surface area contributed by atoms with E-state index in [1.54, 1.807) is 36.1 Å². The summed E-state index contributed by atoms with van der Waals surface area (Å²) < 4.78 is 14.8. The number of nitrogens with zero attached hydrogens (tertiary/aromatic N) is 4. The molecule has 0 N–H and O–H groups in total. The van der Waals surface area contributed by atoms with Gasteiger partial charge in [0.2, 0.25) is 11.8 Å². The molecule has 0 saturated carbocycles. The summed E-state index contributed by atoms with van der Waals surface area (Å²) in [5.41, 5.74) is -0.455. The molecule has 2 aliphatic heterocycles. The van der Waals surface area contributed by atoms with Crippen LogP contribution in [-0.4, -0.2) is 52.7 Å². The first-order valence-corrected chi connectivity index (χ1v) is 11.0. The smallest absolute Gasteiger partial charge is 0.255 e. The molecule has 2 aliphatic rings. The van der Waals surface area contributed by atoms with Gasteiger partial charge >= 0.3 is 0 Å². The van der Waals surface area contributed by atoms with Crippen molar-refractivity contribution < 1.29 is 18.8 Å². The van der Waals surface area contributed by atoms with Gasteiger partial charge in [0.1, 0.15) is 17.9 Å². The maximum absolute atomic E-state index is 14.8. The predicted molar refractivity (Wildman–Crippen MR) is 120 cm³/mol. The molecule has 2 saturated heterocycles. The van der Waals surface area contributed by atoms with Crippen LogP contribution < -0.4 is 4.90 Å². The lowest BCUT2D eigenvalue weighted by Gasteiger charge is -2.47. The maximum atomic E-state index is 14.8. The second-order valence-electron chi connectivity index (χ2n) is 8.23. The van der Waals surface area contributed by atoms with E-state index < -0.39 is 17.3 Å². The zero-order valence-corrected chi connectivity index (χ0v) is 18.8. The lowest BCUT2D eigenvalue weighted by Crippen LogP contribution is -2.69. The molecule has 2 aromatic carbocycles. The molecule has 2 aromatic rings. The monoisotopic (exact) mass is 468 g/mol. The van der Waals surface area contributed by atoms with Crippen LogP contribution in [0.5, 0.6) is 0 Å². The average Bonchev–Trinajstić information content (AvgIpc) is 3.26. The van der Waals surface area contributed by atoms with Crippen molar-refractivity contribution in [3.63, 3.8) is 0 Å². The van der Waals surface area contributed by atoms with E-state index in [9.17, 15) is 18.8 Å². The molecule has 1 atom stereocenters. The number of amides is 3. The highest BCUT2D eigenvalue weighted by Gasteiger charge is 2.57. The molecule has 0 bridgehead atoms. The number of rotatable bonds is 4. The van der Waals surface area contributed by atoms with E-state index in [0.717, 1.165) is 16.5 Å². The molecule has 0 radical (unpaired) electrons. The molecular formula is C24H22ClFN4O3. The van der Waals surface area contributed by atoms with Gasteiger partial charge in [-0.25, -0.2) is 4.39 Å². The molecule has 1 spiro atoms. The first-order chi connectivity index (χ1) is 15.8. The zero-order valence-electron chi connectivity index (χ0n) is 18.1. The standard InChI is InChI=1S/C24H22ClFN4O3/c1-2-21(31)28-10-9-24(15-28)23(33)29(20-8-5-17(12-27)11-19(20)26)14-22(32)30(24)13-16-3-6-18(25)7-4-16/h3-8,11H,2,9-10,13-15H2,1H3/t24-/m0/s1. The summed E-state index contributed by atoms with van der Waals surface area (Å²) >= 11 is 5.98. The number of benzene rings is 2. The summed E-state index contributed by atoms with van der Waals surface area (Å²) in [5, 5.41) is 9.57. The number of carbonyl (C=O) groups excluding carboxylic acids is 3. The normalized spacial score (nSPS) is 20.5. The second-order valence-corrected chi connectivity index (χ2v) is 8.66. The summed E-state index contributed by atoms with van der Waals surface area (Å²) in [7, 11) is 0. The fourth-order valence-electron chi connectivity index (χ4n) is 4.52. The van der Waals surface area contributed by atoms with Crippen LogP contribution in [0.25, 0.3) is 0 Å². The van der Waals surface area contributed by atoms with Crippen molar-refractivity contribution in [2.45, 2.75) is 31.8 Å². The van der Waals surface area contributed by atoms with Crippen LogP contribution in [0.4, 0.5) is 10.1 Å². The Morgan fingerprint density at radius 2 is 1.94 bits per heavy atom. The predicted octanol–water partition coefficient (Wildman–Crippen LogP) is 3.11. The Kier molecular flexibility index (Phi) is 6.09. The topological polar surface area (TPSA) is 84.7 Å². The number of likely N-dealkylation sites (tertiary alicyclic amines) is 1. The number of halogens is 2. The van der Waals surface area contributed by atoms with Crippen molar-refractivity contribution >= 4 is 35.0 Å². The Morgan fingerprint density at radius 1 is 1.21 bits per heavy atom. The molecule has 9 heteroatoms. The van der Waals surface area contributed by atoms with Crippen LogP contribution >= 0.6 is 11.6 Å². The molecule has 2 fully saturated rings. The minimum atomic E-state index is -1.31. The molecule has 3 amide bonds. The van der Waals surface area contributed by atoms with Gasteiger partial charge in [0.25, 0.3) is 5.91 Å². The lowest BCUT2D eigenvalue weighted by atomic mass is 9.89. The van der Waals surface area contributed by atoms with Gasteiger partial charge < -0.3 is 9.80 Å². The van der Waals surface area contributed by atoms with Gasteiger partial charge in [-0.2, -0.15) is 5.26 Å². The molecule has 0 unspecified atom stereocenters. The van der Waals surface area contributed by atoms with Crippen LogP contribution in [-0.2, 0) is 20.9 Å². The zero-order chi connectivity index (χ0) is 23.8. The van der Waals surface area contributed by atoms with Crippen molar-refractivity contribution in [3.8, 4) is 6.07 Å². The highest BCUT2D eigenvalue weighted by molar-refractivity contribution is 6.30. The van der Waals surface area contributed by atoms with Gasteiger partial charge in [0.15, 0.2) is 0 Å². The number of piperazine rings is 1. The molecule has 170 valence electrons. The Labute approximate surface area is 195 Å². The highest BCUT2D eigenvalue weighted by atomic mass is 35.5. The Hall–Kier alpha value is -3.44. The summed E-state index contributed by atoms with van der Waals surface area (Å²) in [6, 6.07) is 12.6. The number of nitriles is 1. The largest absolute Gasteiger partial charge is 0.340 e. The Balaban J connectivity index is 1.74. The summed E-state index contributed by atoms with van der Waals surface area (Å²) in [6.07, 6.45) is 0.536. The SMILES string of the molecule is CCC(=O)N1CC[C@]2(C1)C(=O)N(c1ccc(C#N)cc1F)CC(=O)N2Cc1ccc(Cl)cc1. The molecule has 0 aliphatic carbocycles. The third-order valence-corrected chi connectivity index (χ3v) is 6.53. The minimum absolute atomic E-state index is 0.0479. The van der Waals surface area contributed by atoms with Crippen LogP contribution in [0.15, 0.2) is 42.5 Å². The second kappa shape index (κ2) is 8.83. The summed E-state index contributed by atoms with van der Waals surface area (Å²) in [5.74, 6) is -1.65. The maximum Gasteiger partial charge on any atom is 0.255 e. The van der Waals surface area contributed by atoms with Crippen molar-refractivity contribution in [2.24, 2.45) is 0 Å². The van der Waals surface area contributed by atoms with Crippen molar-refractivity contribution in [3.05, 3.63) is 64.4 Å². The van der Waals surface area contributed by atoms with Gasteiger partial charge in [0, 0.05) is 24.5 Å². The summed E-state index contributed by atoms with van der Waals surface area (Å²) in [4.78, 5) is 43.8. The molecule has 7 nitrogen and oxygen atoms in total. The van der Waals surface area contributed by atoms with Crippen LogP contribution in [0.3, 0.4) is 0 Å². The Morgan fingerprint density at radius 3 is 2.58 bits per heavy atom. The molecule has 0 aromatic heterocycles. The van der Waals surface area contributed by atoms with Gasteiger partial charge in [-0.1, -0.05) is 30.7 Å². The Bertz CT molecular complexity index is 1160. The fraction of sp³-hybridized carbons (Fsp3) is 0.333. The van der Waals surface area contributed by atoms with Crippen molar-refractivity contribution in [1.29, 1.82) is 5.26 Å². The van der Waals surface area contributed by atoms with Crippen LogP contribution in [0.2, 0.25) is 5.02 Å². The van der Waals surface area contributed by atoms with E-state index in [-0.39, 0.29) is 55.5 Å². The third-order valence-electron chi connectivity index (χ3n) is 6.28. The number of hydrogen-bond acceptors (Lipinski definition) is 4. The number of anilines is 1. The fourth-order valence-corrected chi connectivity index (χ4v) is 4.65. The van der Waals surface area contributed by atoms with E-state index in [2.05, 4.69) is 0 Å². The number of carbonyl (C=O) groups is 3. The van der Waals surface area contributed by atoms with E-state index in [1.807, 2.05) is 6.07 Å². The first kappa shape index (κ1) is 22.7. The van der Waals surface area contributed by atoms with E-state index in [0.29, 0.717) is 11.6 Å². The molecular weight excluding hydrogens is 447 g/mol. The van der Waals surface area contributed by atoms with E-state index >= 15 is 0 Å². The van der Waals surface area contributed by atoms with E-state index in [4.69, 9.17) is 16.9 Å². The van der Waals surface area contributed by atoms with Crippen molar-refractivity contribution in [2.75, 3.05) is 24.5 Å². The quantitative estimate of drug-likeness (QED) is 0.690. The molecule has 33 heavy (non-hydrogen) atoms. The van der Waals surface area contributed by atoms with Gasteiger partial charge in [-0.3, -0.25) is 19.3 Å². The third kappa shape index (κ3) is 4.05. The first-order valence-electron chi connectivity index (χ1n) is 10.6. The molecule has 2 heterocycles.